The molecule has 0 unspecified atom stereocenters. The topological polar surface area (TPSA) is 66.0 Å². The quantitative estimate of drug-likeness (QED) is 0.845. The highest BCUT2D eigenvalue weighted by molar-refractivity contribution is 5.95. The van der Waals surface area contributed by atoms with E-state index in [0.29, 0.717) is 36.8 Å². The lowest BCUT2D eigenvalue weighted by molar-refractivity contribution is 0.0945. The average Bonchev–Trinajstić information content (AvgIpc) is 2.71. The molecule has 1 aliphatic heterocycles. The Bertz CT molecular complexity index is 809. The highest BCUT2D eigenvalue weighted by Crippen LogP contribution is 2.35. The van der Waals surface area contributed by atoms with Crippen LogP contribution in [0.2, 0.25) is 0 Å². The zero-order valence-electron chi connectivity index (χ0n) is 16.1. The van der Waals surface area contributed by atoms with Gasteiger partial charge in [0.05, 0.1) is 14.2 Å². The number of methoxy groups -OCH3 is 2. The molecule has 1 N–H and O–H groups in total. The molecule has 0 fully saturated rings. The molecule has 1 amide bonds. The van der Waals surface area contributed by atoms with E-state index in [4.69, 9.17) is 18.9 Å². The molecular formula is C21H25NO5. The predicted molar refractivity (Wildman–Crippen MR) is 102 cm³/mol. The van der Waals surface area contributed by atoms with E-state index in [-0.39, 0.29) is 11.3 Å². The van der Waals surface area contributed by atoms with Crippen LogP contribution in [0.15, 0.2) is 36.4 Å². The smallest absolute Gasteiger partial charge is 0.251 e. The van der Waals surface area contributed by atoms with Crippen LogP contribution < -0.4 is 24.3 Å². The average molecular weight is 371 g/mol. The van der Waals surface area contributed by atoms with Crippen molar-refractivity contribution in [2.75, 3.05) is 34.0 Å². The van der Waals surface area contributed by atoms with Crippen molar-refractivity contribution in [3.63, 3.8) is 0 Å². The Hall–Kier alpha value is -2.89. The number of rotatable bonds is 6. The fraction of sp³-hybridized carbons (Fsp3) is 0.381. The number of amides is 1. The summed E-state index contributed by atoms with van der Waals surface area (Å²) in [5.41, 5.74) is 1.27. The molecule has 1 heterocycles. The van der Waals surface area contributed by atoms with E-state index in [1.54, 1.807) is 32.4 Å². The lowest BCUT2D eigenvalue weighted by atomic mass is 9.84. The summed E-state index contributed by atoms with van der Waals surface area (Å²) in [7, 11) is 3.11. The first kappa shape index (κ1) is 18.9. The molecule has 6 nitrogen and oxygen atoms in total. The second kappa shape index (κ2) is 7.78. The summed E-state index contributed by atoms with van der Waals surface area (Å²) in [6.07, 6.45) is 0. The van der Waals surface area contributed by atoms with Crippen LogP contribution in [0.4, 0.5) is 0 Å². The molecule has 0 spiro atoms. The van der Waals surface area contributed by atoms with Gasteiger partial charge in [0.1, 0.15) is 24.7 Å². The summed E-state index contributed by atoms with van der Waals surface area (Å²) in [6, 6.07) is 11.0. The molecule has 0 aromatic heterocycles. The number of hydrogen-bond donors (Lipinski definition) is 1. The second-order valence-corrected chi connectivity index (χ2v) is 7.03. The molecule has 0 saturated carbocycles. The van der Waals surface area contributed by atoms with Gasteiger partial charge in [0, 0.05) is 23.6 Å². The minimum Gasteiger partial charge on any atom is -0.497 e. The number of ether oxygens (including phenoxy) is 4. The van der Waals surface area contributed by atoms with E-state index in [0.717, 1.165) is 17.1 Å². The number of benzene rings is 2. The zero-order valence-corrected chi connectivity index (χ0v) is 16.1. The first-order chi connectivity index (χ1) is 12.9. The standard InChI is InChI=1S/C21H25NO5/c1-21(2,15-5-6-18-19(11-15)27-8-7-26-18)13-22-20(23)14-9-16(24-3)12-17(10-14)25-4/h5-6,9-12H,7-8,13H2,1-4H3,(H,22,23). The lowest BCUT2D eigenvalue weighted by Gasteiger charge is -2.28. The van der Waals surface area contributed by atoms with Crippen molar-refractivity contribution in [1.82, 2.24) is 5.32 Å². The van der Waals surface area contributed by atoms with Gasteiger partial charge in [-0.3, -0.25) is 4.79 Å². The van der Waals surface area contributed by atoms with E-state index in [9.17, 15) is 4.79 Å². The van der Waals surface area contributed by atoms with Gasteiger partial charge < -0.3 is 24.3 Å². The van der Waals surface area contributed by atoms with Crippen LogP contribution in [-0.4, -0.2) is 39.9 Å². The molecule has 144 valence electrons. The van der Waals surface area contributed by atoms with E-state index in [1.165, 1.54) is 0 Å². The zero-order chi connectivity index (χ0) is 19.4. The number of hydrogen-bond acceptors (Lipinski definition) is 5. The second-order valence-electron chi connectivity index (χ2n) is 7.03. The number of carbonyl (C=O) groups excluding carboxylic acids is 1. The van der Waals surface area contributed by atoms with Crippen LogP contribution in [0.3, 0.4) is 0 Å². The molecule has 0 radical (unpaired) electrons. The molecule has 2 aromatic rings. The van der Waals surface area contributed by atoms with Crippen LogP contribution in [0.1, 0.15) is 29.8 Å². The maximum absolute atomic E-state index is 12.6. The van der Waals surface area contributed by atoms with Gasteiger partial charge in [-0.05, 0) is 29.8 Å². The van der Waals surface area contributed by atoms with Crippen molar-refractivity contribution in [2.45, 2.75) is 19.3 Å². The van der Waals surface area contributed by atoms with Crippen molar-refractivity contribution < 1.29 is 23.7 Å². The fourth-order valence-electron chi connectivity index (χ4n) is 2.91. The van der Waals surface area contributed by atoms with Gasteiger partial charge in [0.25, 0.3) is 5.91 Å². The molecule has 0 atom stereocenters. The predicted octanol–water partition coefficient (Wildman–Crippen LogP) is 3.18. The highest BCUT2D eigenvalue weighted by Gasteiger charge is 2.24. The van der Waals surface area contributed by atoms with Crippen LogP contribution in [0.25, 0.3) is 0 Å². The van der Waals surface area contributed by atoms with Crippen LogP contribution in [-0.2, 0) is 5.41 Å². The highest BCUT2D eigenvalue weighted by atomic mass is 16.6. The molecule has 27 heavy (non-hydrogen) atoms. The SMILES string of the molecule is COc1cc(OC)cc(C(=O)NCC(C)(C)c2ccc3c(c2)OCCO3)c1. The molecular weight excluding hydrogens is 346 g/mol. The normalized spacial score (nSPS) is 13.0. The summed E-state index contributed by atoms with van der Waals surface area (Å²) in [4.78, 5) is 12.6. The summed E-state index contributed by atoms with van der Waals surface area (Å²) in [5, 5.41) is 3.00. The molecule has 6 heteroatoms. The van der Waals surface area contributed by atoms with Gasteiger partial charge in [0.15, 0.2) is 11.5 Å². The molecule has 2 aromatic carbocycles. The van der Waals surface area contributed by atoms with Crippen LogP contribution >= 0.6 is 0 Å². The Balaban J connectivity index is 1.72. The van der Waals surface area contributed by atoms with Crippen LogP contribution in [0, 0.1) is 0 Å². The van der Waals surface area contributed by atoms with Crippen molar-refractivity contribution >= 4 is 5.91 Å². The minimum absolute atomic E-state index is 0.183. The first-order valence-electron chi connectivity index (χ1n) is 8.84. The van der Waals surface area contributed by atoms with E-state index < -0.39 is 0 Å². The van der Waals surface area contributed by atoms with E-state index >= 15 is 0 Å². The molecule has 3 rings (SSSR count). The third kappa shape index (κ3) is 4.27. The Kier molecular flexibility index (Phi) is 5.44. The van der Waals surface area contributed by atoms with Gasteiger partial charge >= 0.3 is 0 Å². The van der Waals surface area contributed by atoms with Gasteiger partial charge in [-0.15, -0.1) is 0 Å². The Morgan fingerprint density at radius 1 is 1.00 bits per heavy atom. The third-order valence-corrected chi connectivity index (χ3v) is 4.63. The molecule has 0 aliphatic carbocycles. The van der Waals surface area contributed by atoms with Gasteiger partial charge in [-0.2, -0.15) is 0 Å². The van der Waals surface area contributed by atoms with Crippen molar-refractivity contribution in [3.05, 3.63) is 47.5 Å². The molecule has 0 saturated heterocycles. The van der Waals surface area contributed by atoms with Crippen molar-refractivity contribution in [3.8, 4) is 23.0 Å². The minimum atomic E-state index is -0.283. The summed E-state index contributed by atoms with van der Waals surface area (Å²) in [6.45, 7) is 5.72. The summed E-state index contributed by atoms with van der Waals surface area (Å²) >= 11 is 0. The molecule has 0 bridgehead atoms. The summed E-state index contributed by atoms with van der Waals surface area (Å²) in [5.74, 6) is 2.47. The van der Waals surface area contributed by atoms with Crippen molar-refractivity contribution in [1.29, 1.82) is 0 Å². The number of nitrogens with one attached hydrogen (secondary N) is 1. The Morgan fingerprint density at radius 3 is 2.26 bits per heavy atom. The van der Waals surface area contributed by atoms with Gasteiger partial charge in [-0.25, -0.2) is 0 Å². The van der Waals surface area contributed by atoms with Crippen molar-refractivity contribution in [2.24, 2.45) is 0 Å². The largest absolute Gasteiger partial charge is 0.497 e. The lowest BCUT2D eigenvalue weighted by Crippen LogP contribution is -2.36. The maximum atomic E-state index is 12.6. The van der Waals surface area contributed by atoms with Gasteiger partial charge in [0.2, 0.25) is 0 Å². The first-order valence-corrected chi connectivity index (χ1v) is 8.84. The van der Waals surface area contributed by atoms with Crippen LogP contribution in [0.5, 0.6) is 23.0 Å². The fourth-order valence-corrected chi connectivity index (χ4v) is 2.91. The van der Waals surface area contributed by atoms with E-state index in [2.05, 4.69) is 19.2 Å². The van der Waals surface area contributed by atoms with E-state index in [1.807, 2.05) is 18.2 Å². The van der Waals surface area contributed by atoms with Gasteiger partial charge in [-0.1, -0.05) is 19.9 Å². The number of carbonyl (C=O) groups is 1. The Labute approximate surface area is 159 Å². The summed E-state index contributed by atoms with van der Waals surface area (Å²) < 4.78 is 21.7. The number of fused-ring (bicyclic) bond motifs is 1. The Morgan fingerprint density at radius 2 is 1.63 bits per heavy atom. The monoisotopic (exact) mass is 371 g/mol. The third-order valence-electron chi connectivity index (χ3n) is 4.63. The molecule has 1 aliphatic rings. The maximum Gasteiger partial charge on any atom is 0.251 e.